The fourth-order valence-corrected chi connectivity index (χ4v) is 2.26. The van der Waals surface area contributed by atoms with Crippen molar-refractivity contribution in [3.8, 4) is 11.3 Å². The molecule has 2 heterocycles. The third-order valence-corrected chi connectivity index (χ3v) is 3.37. The van der Waals surface area contributed by atoms with Crippen LogP contribution in [0.25, 0.3) is 16.9 Å². The Morgan fingerprint density at radius 1 is 1.21 bits per heavy atom. The molecule has 2 aromatic heterocycles. The zero-order valence-electron chi connectivity index (χ0n) is 12.5. The molecule has 0 fully saturated rings. The van der Waals surface area contributed by atoms with Crippen molar-refractivity contribution >= 4 is 11.6 Å². The molecule has 0 saturated heterocycles. The van der Waals surface area contributed by atoms with Crippen LogP contribution in [0.4, 0.5) is 13.2 Å². The molecule has 8 heteroatoms. The van der Waals surface area contributed by atoms with Crippen molar-refractivity contribution in [2.24, 2.45) is 0 Å². The number of imidazole rings is 1. The first-order valence-corrected chi connectivity index (χ1v) is 6.93. The maximum atomic E-state index is 12.8. The van der Waals surface area contributed by atoms with Crippen LogP contribution < -0.4 is 5.48 Å². The number of nitrogens with zero attached hydrogens (tertiary/aromatic N) is 2. The molecule has 1 N–H and O–H groups in total. The van der Waals surface area contributed by atoms with Crippen LogP contribution >= 0.6 is 0 Å². The van der Waals surface area contributed by atoms with Crippen molar-refractivity contribution in [3.05, 3.63) is 59.9 Å². The van der Waals surface area contributed by atoms with Gasteiger partial charge in [0.25, 0.3) is 0 Å². The van der Waals surface area contributed by atoms with Gasteiger partial charge in [0.2, 0.25) is 0 Å². The molecule has 0 spiro atoms. The Morgan fingerprint density at radius 2 is 2.00 bits per heavy atom. The molecule has 5 nitrogen and oxygen atoms in total. The minimum atomic E-state index is -4.42. The van der Waals surface area contributed by atoms with Crippen molar-refractivity contribution < 1.29 is 22.8 Å². The molecule has 124 valence electrons. The van der Waals surface area contributed by atoms with Crippen molar-refractivity contribution in [2.75, 3.05) is 7.05 Å². The van der Waals surface area contributed by atoms with Gasteiger partial charge < -0.3 is 9.24 Å². The predicted octanol–water partition coefficient (Wildman–Crippen LogP) is 3.31. The number of carbonyl (C=O) groups excluding carboxylic acids is 1. The number of hydroxylamine groups is 1. The van der Waals surface area contributed by atoms with E-state index >= 15 is 0 Å². The molecule has 0 bridgehead atoms. The fraction of sp³-hybridized carbons (Fsp3) is 0.125. The largest absolute Gasteiger partial charge is 0.417 e. The predicted molar refractivity (Wildman–Crippen MR) is 80.1 cm³/mol. The Bertz CT molecular complexity index is 903. The highest BCUT2D eigenvalue weighted by molar-refractivity contribution is 5.90. The molecular formula is C16H12F3N3O2. The van der Waals surface area contributed by atoms with Gasteiger partial charge in [-0.25, -0.2) is 9.78 Å². The van der Waals surface area contributed by atoms with Gasteiger partial charge in [0.05, 0.1) is 16.8 Å². The number of benzene rings is 1. The van der Waals surface area contributed by atoms with E-state index in [1.165, 1.54) is 23.7 Å². The number of nitrogens with one attached hydrogen (secondary N) is 1. The van der Waals surface area contributed by atoms with E-state index < -0.39 is 17.7 Å². The summed E-state index contributed by atoms with van der Waals surface area (Å²) in [6.45, 7) is 0. The van der Waals surface area contributed by atoms with Crippen molar-refractivity contribution in [1.82, 2.24) is 14.9 Å². The van der Waals surface area contributed by atoms with Gasteiger partial charge in [-0.15, -0.1) is 0 Å². The van der Waals surface area contributed by atoms with E-state index in [9.17, 15) is 18.0 Å². The molecule has 0 atom stereocenters. The van der Waals surface area contributed by atoms with Gasteiger partial charge in [0.15, 0.2) is 0 Å². The molecule has 24 heavy (non-hydrogen) atoms. The van der Waals surface area contributed by atoms with Gasteiger partial charge in [-0.2, -0.15) is 18.7 Å². The molecule has 0 saturated carbocycles. The molecule has 0 aliphatic rings. The van der Waals surface area contributed by atoms with Crippen LogP contribution in [-0.2, 0) is 11.0 Å². The Labute approximate surface area is 134 Å². The average Bonchev–Trinajstić information content (AvgIpc) is 2.97. The van der Waals surface area contributed by atoms with Gasteiger partial charge in [0, 0.05) is 25.0 Å². The summed E-state index contributed by atoms with van der Waals surface area (Å²) in [5.74, 6) is -0.567. The fourth-order valence-electron chi connectivity index (χ4n) is 2.26. The van der Waals surface area contributed by atoms with Crippen molar-refractivity contribution in [1.29, 1.82) is 0 Å². The highest BCUT2D eigenvalue weighted by Crippen LogP contribution is 2.30. The summed E-state index contributed by atoms with van der Waals surface area (Å²) in [7, 11) is 1.46. The SMILES string of the molecule is CNOC(=O)c1cccc(-c2cn3cc(C(F)(F)F)ccc3n2)c1. The van der Waals surface area contributed by atoms with E-state index in [2.05, 4.69) is 10.5 Å². The molecule has 0 radical (unpaired) electrons. The van der Waals surface area contributed by atoms with Gasteiger partial charge >= 0.3 is 12.1 Å². The number of aromatic nitrogens is 2. The Balaban J connectivity index is 2.01. The number of carbonyl (C=O) groups is 1. The average molecular weight is 335 g/mol. The summed E-state index contributed by atoms with van der Waals surface area (Å²) in [4.78, 5) is 20.7. The molecule has 3 rings (SSSR count). The van der Waals surface area contributed by atoms with E-state index in [0.29, 0.717) is 22.5 Å². The van der Waals surface area contributed by atoms with Crippen LogP contribution in [0.2, 0.25) is 0 Å². The van der Waals surface area contributed by atoms with E-state index in [0.717, 1.165) is 12.3 Å². The van der Waals surface area contributed by atoms with Gasteiger partial charge in [-0.3, -0.25) is 0 Å². The quantitative estimate of drug-likeness (QED) is 0.746. The smallest absolute Gasteiger partial charge is 0.367 e. The number of hydrogen-bond acceptors (Lipinski definition) is 4. The van der Waals surface area contributed by atoms with Crippen LogP contribution in [0.3, 0.4) is 0 Å². The summed E-state index contributed by atoms with van der Waals surface area (Å²) in [6, 6.07) is 8.76. The number of fused-ring (bicyclic) bond motifs is 1. The maximum absolute atomic E-state index is 12.8. The van der Waals surface area contributed by atoms with Crippen LogP contribution in [0, 0.1) is 0 Å². The highest BCUT2D eigenvalue weighted by atomic mass is 19.4. The Hall–Kier alpha value is -2.87. The summed E-state index contributed by atoms with van der Waals surface area (Å²) in [5.41, 5.74) is 3.26. The number of hydrogen-bond donors (Lipinski definition) is 1. The van der Waals surface area contributed by atoms with Crippen molar-refractivity contribution in [3.63, 3.8) is 0 Å². The second-order valence-electron chi connectivity index (χ2n) is 4.98. The molecule has 0 aliphatic heterocycles. The zero-order valence-corrected chi connectivity index (χ0v) is 12.5. The second-order valence-corrected chi connectivity index (χ2v) is 4.98. The van der Waals surface area contributed by atoms with Crippen LogP contribution in [0.1, 0.15) is 15.9 Å². The molecule has 0 amide bonds. The monoisotopic (exact) mass is 335 g/mol. The summed E-state index contributed by atoms with van der Waals surface area (Å²) >= 11 is 0. The normalized spacial score (nSPS) is 11.7. The third kappa shape index (κ3) is 3.09. The zero-order chi connectivity index (χ0) is 17.3. The first-order valence-electron chi connectivity index (χ1n) is 6.93. The second kappa shape index (κ2) is 5.97. The lowest BCUT2D eigenvalue weighted by atomic mass is 10.1. The first-order chi connectivity index (χ1) is 11.4. The lowest BCUT2D eigenvalue weighted by Crippen LogP contribution is -2.15. The van der Waals surface area contributed by atoms with Crippen LogP contribution in [0.5, 0.6) is 0 Å². The number of alkyl halides is 3. The minimum Gasteiger partial charge on any atom is -0.367 e. The number of halogens is 3. The molecule has 0 aliphatic carbocycles. The lowest BCUT2D eigenvalue weighted by molar-refractivity contribution is -0.137. The van der Waals surface area contributed by atoms with Gasteiger partial charge in [-0.05, 0) is 24.3 Å². The third-order valence-electron chi connectivity index (χ3n) is 3.37. The topological polar surface area (TPSA) is 55.6 Å². The first kappa shape index (κ1) is 16.0. The molecular weight excluding hydrogens is 323 g/mol. The summed E-state index contributed by atoms with van der Waals surface area (Å²) in [5, 5.41) is 0. The van der Waals surface area contributed by atoms with E-state index in [1.54, 1.807) is 24.3 Å². The number of rotatable bonds is 3. The highest BCUT2D eigenvalue weighted by Gasteiger charge is 2.30. The Morgan fingerprint density at radius 3 is 2.71 bits per heavy atom. The van der Waals surface area contributed by atoms with E-state index in [-0.39, 0.29) is 0 Å². The minimum absolute atomic E-state index is 0.301. The van der Waals surface area contributed by atoms with Gasteiger partial charge in [-0.1, -0.05) is 12.1 Å². The van der Waals surface area contributed by atoms with Crippen molar-refractivity contribution in [2.45, 2.75) is 6.18 Å². The summed E-state index contributed by atoms with van der Waals surface area (Å²) in [6.07, 6.45) is -1.96. The van der Waals surface area contributed by atoms with Crippen LogP contribution in [-0.4, -0.2) is 22.4 Å². The maximum Gasteiger partial charge on any atom is 0.417 e. The standard InChI is InChI=1S/C16H12F3N3O2/c1-20-24-15(23)11-4-2-3-10(7-11)13-9-22-8-12(16(17,18)19)5-6-14(22)21-13/h2-9,20H,1H3. The van der Waals surface area contributed by atoms with Crippen LogP contribution in [0.15, 0.2) is 48.8 Å². The molecule has 0 unspecified atom stereocenters. The number of pyridine rings is 1. The molecule has 3 aromatic rings. The molecule has 1 aromatic carbocycles. The van der Waals surface area contributed by atoms with E-state index in [4.69, 9.17) is 4.84 Å². The summed E-state index contributed by atoms with van der Waals surface area (Å²) < 4.78 is 39.6. The van der Waals surface area contributed by atoms with E-state index in [1.807, 2.05) is 0 Å². The Kier molecular flexibility index (Phi) is 3.98. The lowest BCUT2D eigenvalue weighted by Gasteiger charge is -2.05. The van der Waals surface area contributed by atoms with Gasteiger partial charge in [0.1, 0.15) is 5.65 Å².